The van der Waals surface area contributed by atoms with Crippen LogP contribution in [-0.4, -0.2) is 6.04 Å². The van der Waals surface area contributed by atoms with Crippen molar-refractivity contribution < 1.29 is 0 Å². The van der Waals surface area contributed by atoms with Crippen LogP contribution in [0.3, 0.4) is 0 Å². The van der Waals surface area contributed by atoms with Gasteiger partial charge in [-0.3, -0.25) is 0 Å². The maximum atomic E-state index is 6.05. The largest absolute Gasteiger partial charge is 0.327 e. The first-order chi connectivity index (χ1) is 5.29. The fourth-order valence-corrected chi connectivity index (χ4v) is 3.52. The van der Waals surface area contributed by atoms with Crippen LogP contribution in [0.5, 0.6) is 0 Å². The predicted molar refractivity (Wildman–Crippen MR) is 45.1 cm³/mol. The Bertz CT molecular complexity index is 229. The van der Waals surface area contributed by atoms with E-state index in [9.17, 15) is 0 Å². The Morgan fingerprint density at radius 1 is 1.18 bits per heavy atom. The molecule has 0 heterocycles. The van der Waals surface area contributed by atoms with Gasteiger partial charge in [0.25, 0.3) is 0 Å². The molecule has 11 heavy (non-hydrogen) atoms. The van der Waals surface area contributed by atoms with Gasteiger partial charge in [-0.15, -0.1) is 0 Å². The first kappa shape index (κ1) is 6.24. The average Bonchev–Trinajstić information content (AvgIpc) is 1.95. The van der Waals surface area contributed by atoms with Crippen molar-refractivity contribution in [1.82, 2.24) is 0 Å². The van der Waals surface area contributed by atoms with Crippen molar-refractivity contribution in [3.63, 3.8) is 0 Å². The van der Waals surface area contributed by atoms with Crippen LogP contribution in [-0.2, 0) is 0 Å². The van der Waals surface area contributed by atoms with Crippen molar-refractivity contribution in [3.8, 4) is 0 Å². The summed E-state index contributed by atoms with van der Waals surface area (Å²) in [7, 11) is 0. The molecule has 0 bridgehead atoms. The van der Waals surface area contributed by atoms with Crippen LogP contribution in [0, 0.1) is 10.8 Å². The summed E-state index contributed by atoms with van der Waals surface area (Å²) in [6.45, 7) is 0. The molecule has 0 saturated heterocycles. The first-order valence-corrected chi connectivity index (χ1v) is 4.75. The lowest BCUT2D eigenvalue weighted by atomic mass is 9.36. The molecule has 0 aliphatic heterocycles. The SMILES string of the molecule is NC1C[C@]23C=C[C@]12CCCC3. The number of allylic oxidation sites excluding steroid dienone is 1. The zero-order valence-corrected chi connectivity index (χ0v) is 6.84. The lowest BCUT2D eigenvalue weighted by Gasteiger charge is -2.69. The van der Waals surface area contributed by atoms with E-state index in [1.807, 2.05) is 0 Å². The van der Waals surface area contributed by atoms with E-state index in [2.05, 4.69) is 12.2 Å². The number of nitrogens with two attached hydrogens (primary N) is 1. The van der Waals surface area contributed by atoms with Gasteiger partial charge < -0.3 is 5.73 Å². The van der Waals surface area contributed by atoms with E-state index < -0.39 is 0 Å². The van der Waals surface area contributed by atoms with Gasteiger partial charge in [-0.2, -0.15) is 0 Å². The molecular formula is C10H15N. The fraction of sp³-hybridized carbons (Fsp3) is 0.800. The van der Waals surface area contributed by atoms with Crippen LogP contribution >= 0.6 is 0 Å². The van der Waals surface area contributed by atoms with Gasteiger partial charge in [0.05, 0.1) is 0 Å². The van der Waals surface area contributed by atoms with Crippen LogP contribution < -0.4 is 5.73 Å². The van der Waals surface area contributed by atoms with E-state index in [-0.39, 0.29) is 0 Å². The third-order valence-corrected chi connectivity index (χ3v) is 4.34. The van der Waals surface area contributed by atoms with E-state index in [1.54, 1.807) is 0 Å². The van der Waals surface area contributed by atoms with Gasteiger partial charge in [0.15, 0.2) is 0 Å². The molecule has 60 valence electrons. The Balaban J connectivity index is 2.01. The third-order valence-electron chi connectivity index (χ3n) is 4.34. The van der Waals surface area contributed by atoms with E-state index >= 15 is 0 Å². The zero-order valence-electron chi connectivity index (χ0n) is 6.84. The molecule has 0 aromatic rings. The molecule has 0 amide bonds. The molecule has 0 aromatic heterocycles. The second-order valence-electron chi connectivity index (χ2n) is 4.55. The highest BCUT2D eigenvalue weighted by Gasteiger charge is 2.66. The van der Waals surface area contributed by atoms with Crippen LogP contribution in [0.4, 0.5) is 0 Å². The Kier molecular flexibility index (Phi) is 0.885. The molecule has 1 heteroatoms. The molecule has 1 unspecified atom stereocenters. The van der Waals surface area contributed by atoms with Gasteiger partial charge in [-0.05, 0) is 19.3 Å². The average molecular weight is 149 g/mol. The molecule has 2 fully saturated rings. The Morgan fingerprint density at radius 2 is 2.00 bits per heavy atom. The van der Waals surface area contributed by atoms with Gasteiger partial charge >= 0.3 is 0 Å². The minimum Gasteiger partial charge on any atom is -0.327 e. The zero-order chi connectivity index (χ0) is 7.53. The molecule has 3 atom stereocenters. The smallest absolute Gasteiger partial charge is 0.0147 e. The van der Waals surface area contributed by atoms with Gasteiger partial charge in [0.1, 0.15) is 0 Å². The molecule has 2 N–H and O–H groups in total. The Hall–Kier alpha value is -0.300. The van der Waals surface area contributed by atoms with Crippen LogP contribution in [0.1, 0.15) is 32.1 Å². The number of hydrogen-bond donors (Lipinski definition) is 1. The standard InChI is InChI=1S/C10H15N/c11-8-7-9-3-1-2-4-10(8,9)6-5-9/h5-6,8H,1-4,7,11H2/t8?,9-,10+/m0/s1. The van der Waals surface area contributed by atoms with Gasteiger partial charge in [-0.1, -0.05) is 25.0 Å². The third kappa shape index (κ3) is 0.451. The second kappa shape index (κ2) is 1.56. The number of hydrogen-bond acceptors (Lipinski definition) is 1. The normalized spacial score (nSPS) is 58.8. The van der Waals surface area contributed by atoms with E-state index in [0.717, 1.165) is 0 Å². The molecule has 3 aliphatic carbocycles. The highest BCUT2D eigenvalue weighted by molar-refractivity contribution is 5.37. The summed E-state index contributed by atoms with van der Waals surface area (Å²) >= 11 is 0. The Labute approximate surface area is 67.7 Å². The Morgan fingerprint density at radius 3 is 2.45 bits per heavy atom. The molecule has 1 nitrogen and oxygen atoms in total. The minimum atomic E-state index is 0.491. The van der Waals surface area contributed by atoms with Crippen molar-refractivity contribution >= 4 is 0 Å². The fourth-order valence-electron chi connectivity index (χ4n) is 3.52. The van der Waals surface area contributed by atoms with Gasteiger partial charge in [0, 0.05) is 16.9 Å². The maximum Gasteiger partial charge on any atom is 0.0147 e. The van der Waals surface area contributed by atoms with Crippen LogP contribution in [0.25, 0.3) is 0 Å². The summed E-state index contributed by atoms with van der Waals surface area (Å²) in [5, 5.41) is 0. The summed E-state index contributed by atoms with van der Waals surface area (Å²) in [5.41, 5.74) is 7.15. The predicted octanol–water partition coefficient (Wildman–Crippen LogP) is 1.83. The van der Waals surface area contributed by atoms with Crippen LogP contribution in [0.2, 0.25) is 0 Å². The van der Waals surface area contributed by atoms with Crippen LogP contribution in [0.15, 0.2) is 12.2 Å². The van der Waals surface area contributed by atoms with E-state index in [0.29, 0.717) is 16.9 Å². The molecule has 0 spiro atoms. The molecule has 0 aromatic carbocycles. The van der Waals surface area contributed by atoms with Gasteiger partial charge in [0.2, 0.25) is 0 Å². The highest BCUT2D eigenvalue weighted by atomic mass is 14.8. The summed E-state index contributed by atoms with van der Waals surface area (Å²) < 4.78 is 0. The van der Waals surface area contributed by atoms with E-state index in [4.69, 9.17) is 5.73 Å². The molecule has 3 aliphatic rings. The summed E-state index contributed by atoms with van der Waals surface area (Å²) in [5.74, 6) is 0. The topological polar surface area (TPSA) is 26.0 Å². The molecule has 0 radical (unpaired) electrons. The summed E-state index contributed by atoms with van der Waals surface area (Å²) in [6, 6.07) is 0.493. The number of rotatable bonds is 0. The van der Waals surface area contributed by atoms with E-state index in [1.165, 1.54) is 32.1 Å². The summed E-state index contributed by atoms with van der Waals surface area (Å²) in [6.07, 6.45) is 11.7. The minimum absolute atomic E-state index is 0.491. The molecule has 2 saturated carbocycles. The quantitative estimate of drug-likeness (QED) is 0.522. The van der Waals surface area contributed by atoms with Crippen molar-refractivity contribution in [2.24, 2.45) is 16.6 Å². The van der Waals surface area contributed by atoms with Crippen molar-refractivity contribution in [3.05, 3.63) is 12.2 Å². The van der Waals surface area contributed by atoms with Crippen molar-refractivity contribution in [1.29, 1.82) is 0 Å². The lowest BCUT2D eigenvalue weighted by molar-refractivity contribution is -0.0892. The lowest BCUT2D eigenvalue weighted by Crippen LogP contribution is -2.68. The first-order valence-electron chi connectivity index (χ1n) is 4.75. The van der Waals surface area contributed by atoms with Gasteiger partial charge in [-0.25, -0.2) is 0 Å². The summed E-state index contributed by atoms with van der Waals surface area (Å²) in [4.78, 5) is 0. The highest BCUT2D eigenvalue weighted by Crippen LogP contribution is 2.70. The van der Waals surface area contributed by atoms with Crippen molar-refractivity contribution in [2.45, 2.75) is 38.1 Å². The molecule has 3 rings (SSSR count). The monoisotopic (exact) mass is 149 g/mol. The van der Waals surface area contributed by atoms with Crippen molar-refractivity contribution in [2.75, 3.05) is 0 Å². The molecular weight excluding hydrogens is 134 g/mol. The second-order valence-corrected chi connectivity index (χ2v) is 4.55. The maximum absolute atomic E-state index is 6.05.